The number of carbonyl (C=O) groups is 1. The molecule has 1 heterocycles. The van der Waals surface area contributed by atoms with Crippen molar-refractivity contribution in [1.29, 1.82) is 5.26 Å². The summed E-state index contributed by atoms with van der Waals surface area (Å²) in [5.41, 5.74) is 1.52. The zero-order valence-corrected chi connectivity index (χ0v) is 14.0. The molecule has 0 radical (unpaired) electrons. The third kappa shape index (κ3) is 3.58. The zero-order valence-electron chi connectivity index (χ0n) is 13.2. The number of hydrogen-bond acceptors (Lipinski definition) is 4. The van der Waals surface area contributed by atoms with Crippen molar-refractivity contribution in [2.45, 2.75) is 39.8 Å². The molecule has 1 aliphatic heterocycles. The molecule has 0 saturated carbocycles. The quantitative estimate of drug-likeness (QED) is 0.800. The Balaban J connectivity index is 2.33. The van der Waals surface area contributed by atoms with E-state index in [2.05, 4.69) is 11.1 Å². The Morgan fingerprint density at radius 1 is 1.23 bits per heavy atom. The molecule has 0 N–H and O–H groups in total. The van der Waals surface area contributed by atoms with E-state index in [-0.39, 0.29) is 18.0 Å². The average molecular weight is 313 g/mol. The number of hydrogen-bond donors (Lipinski definition) is 0. The molecule has 0 spiro atoms. The zero-order chi connectivity index (χ0) is 16.3. The molecule has 0 aromatic heterocycles. The lowest BCUT2D eigenvalue weighted by atomic mass is 10.1. The molecule has 2 rings (SSSR count). The second kappa shape index (κ2) is 6.80. The number of amidine groups is 1. The molecule has 0 atom stereocenters. The van der Waals surface area contributed by atoms with Crippen LogP contribution in [0.15, 0.2) is 34.2 Å². The van der Waals surface area contributed by atoms with Crippen molar-refractivity contribution >= 4 is 28.9 Å². The standard InChI is InChI=1S/C17H19N3OS/c1-11(2)19-17-20(12(3)4)16(21)15(22-17)9-13-5-7-14(10-18)8-6-13/h5-9,11-12H,1-4H3/b15-9+,19-17?. The van der Waals surface area contributed by atoms with Gasteiger partial charge in [-0.25, -0.2) is 0 Å². The molecule has 114 valence electrons. The van der Waals surface area contributed by atoms with Crippen LogP contribution in [0.5, 0.6) is 0 Å². The molecule has 1 amide bonds. The smallest absolute Gasteiger partial charge is 0.266 e. The predicted octanol–water partition coefficient (Wildman–Crippen LogP) is 3.65. The fourth-order valence-electron chi connectivity index (χ4n) is 2.06. The molecule has 0 bridgehead atoms. The summed E-state index contributed by atoms with van der Waals surface area (Å²) in [5, 5.41) is 9.58. The molecule has 1 fully saturated rings. The fourth-order valence-corrected chi connectivity index (χ4v) is 3.29. The van der Waals surface area contributed by atoms with Crippen molar-refractivity contribution in [3.05, 3.63) is 40.3 Å². The summed E-state index contributed by atoms with van der Waals surface area (Å²) in [6, 6.07) is 9.49. The van der Waals surface area contributed by atoms with Crippen molar-refractivity contribution in [1.82, 2.24) is 4.90 Å². The van der Waals surface area contributed by atoms with Gasteiger partial charge in [-0.05, 0) is 63.2 Å². The minimum Gasteiger partial charge on any atom is -0.284 e. The minimum absolute atomic E-state index is 0.0104. The SMILES string of the molecule is CC(C)N=C1S/C(=C/c2ccc(C#N)cc2)C(=O)N1C(C)C. The van der Waals surface area contributed by atoms with E-state index in [1.54, 1.807) is 17.0 Å². The van der Waals surface area contributed by atoms with Gasteiger partial charge in [-0.2, -0.15) is 5.26 Å². The van der Waals surface area contributed by atoms with Crippen molar-refractivity contribution in [3.63, 3.8) is 0 Å². The van der Waals surface area contributed by atoms with Gasteiger partial charge in [-0.15, -0.1) is 0 Å². The van der Waals surface area contributed by atoms with E-state index in [0.29, 0.717) is 10.5 Å². The number of rotatable bonds is 3. The van der Waals surface area contributed by atoms with Gasteiger partial charge >= 0.3 is 0 Å². The van der Waals surface area contributed by atoms with Crippen LogP contribution in [0.4, 0.5) is 0 Å². The van der Waals surface area contributed by atoms with Gasteiger partial charge < -0.3 is 0 Å². The first-order valence-electron chi connectivity index (χ1n) is 7.23. The van der Waals surface area contributed by atoms with E-state index in [0.717, 1.165) is 10.7 Å². The van der Waals surface area contributed by atoms with E-state index < -0.39 is 0 Å². The molecule has 22 heavy (non-hydrogen) atoms. The van der Waals surface area contributed by atoms with E-state index in [9.17, 15) is 4.79 Å². The minimum atomic E-state index is -0.0104. The van der Waals surface area contributed by atoms with Crippen LogP contribution in [0.25, 0.3) is 6.08 Å². The molecule has 1 aromatic carbocycles. The molecule has 0 aliphatic carbocycles. The van der Waals surface area contributed by atoms with Crippen LogP contribution in [0.3, 0.4) is 0 Å². The average Bonchev–Trinajstić information content (AvgIpc) is 2.75. The number of benzene rings is 1. The first kappa shape index (κ1) is 16.3. The first-order chi connectivity index (χ1) is 10.4. The monoisotopic (exact) mass is 313 g/mol. The second-order valence-electron chi connectivity index (χ2n) is 5.62. The number of nitrogens with zero attached hydrogens (tertiary/aromatic N) is 3. The van der Waals surface area contributed by atoms with Gasteiger partial charge in [0, 0.05) is 12.1 Å². The molecular weight excluding hydrogens is 294 g/mol. The maximum Gasteiger partial charge on any atom is 0.266 e. The van der Waals surface area contributed by atoms with Gasteiger partial charge in [-0.1, -0.05) is 12.1 Å². The summed E-state index contributed by atoms with van der Waals surface area (Å²) in [4.78, 5) is 19.5. The van der Waals surface area contributed by atoms with Crippen molar-refractivity contribution in [3.8, 4) is 6.07 Å². The highest BCUT2D eigenvalue weighted by Crippen LogP contribution is 2.34. The third-order valence-corrected chi connectivity index (χ3v) is 4.06. The number of aliphatic imine (C=N–C) groups is 1. The van der Waals surface area contributed by atoms with E-state index in [4.69, 9.17) is 5.26 Å². The summed E-state index contributed by atoms with van der Waals surface area (Å²) in [6.07, 6.45) is 1.85. The highest BCUT2D eigenvalue weighted by Gasteiger charge is 2.35. The van der Waals surface area contributed by atoms with Crippen LogP contribution < -0.4 is 0 Å². The van der Waals surface area contributed by atoms with Crippen LogP contribution in [0.2, 0.25) is 0 Å². The van der Waals surface area contributed by atoms with Gasteiger partial charge in [0.05, 0.1) is 16.5 Å². The lowest BCUT2D eigenvalue weighted by Crippen LogP contribution is -2.35. The van der Waals surface area contributed by atoms with Gasteiger partial charge in [0.2, 0.25) is 0 Å². The highest BCUT2D eigenvalue weighted by atomic mass is 32.2. The lowest BCUT2D eigenvalue weighted by Gasteiger charge is -2.20. The maximum atomic E-state index is 12.6. The van der Waals surface area contributed by atoms with Crippen LogP contribution in [-0.2, 0) is 4.79 Å². The molecule has 1 aromatic rings. The lowest BCUT2D eigenvalue weighted by molar-refractivity contribution is -0.123. The molecule has 0 unspecified atom stereocenters. The van der Waals surface area contributed by atoms with Crippen LogP contribution in [0, 0.1) is 11.3 Å². The molecule has 4 nitrogen and oxygen atoms in total. The Morgan fingerprint density at radius 3 is 2.36 bits per heavy atom. The predicted molar refractivity (Wildman–Crippen MR) is 91.3 cm³/mol. The Hall–Kier alpha value is -2.06. The summed E-state index contributed by atoms with van der Waals surface area (Å²) in [6.45, 7) is 7.97. The van der Waals surface area contributed by atoms with E-state index in [1.807, 2.05) is 45.9 Å². The first-order valence-corrected chi connectivity index (χ1v) is 8.05. The normalized spacial score (nSPS) is 18.8. The second-order valence-corrected chi connectivity index (χ2v) is 6.63. The van der Waals surface area contributed by atoms with Crippen LogP contribution >= 0.6 is 11.8 Å². The number of carbonyl (C=O) groups excluding carboxylic acids is 1. The van der Waals surface area contributed by atoms with Gasteiger partial charge in [0.25, 0.3) is 5.91 Å². The largest absolute Gasteiger partial charge is 0.284 e. The van der Waals surface area contributed by atoms with Crippen molar-refractivity contribution < 1.29 is 4.79 Å². The summed E-state index contributed by atoms with van der Waals surface area (Å²) >= 11 is 1.41. The van der Waals surface area contributed by atoms with Gasteiger partial charge in [0.15, 0.2) is 5.17 Å². The summed E-state index contributed by atoms with van der Waals surface area (Å²) < 4.78 is 0. The Morgan fingerprint density at radius 2 is 1.86 bits per heavy atom. The van der Waals surface area contributed by atoms with Gasteiger partial charge in [-0.3, -0.25) is 14.7 Å². The maximum absolute atomic E-state index is 12.6. The van der Waals surface area contributed by atoms with Gasteiger partial charge in [0.1, 0.15) is 0 Å². The number of nitriles is 1. The number of thioether (sulfide) groups is 1. The van der Waals surface area contributed by atoms with E-state index in [1.165, 1.54) is 11.8 Å². The fraction of sp³-hybridized carbons (Fsp3) is 0.353. The number of amides is 1. The van der Waals surface area contributed by atoms with Crippen LogP contribution in [0.1, 0.15) is 38.8 Å². The Bertz CT molecular complexity index is 666. The Kier molecular flexibility index (Phi) is 5.04. The summed E-state index contributed by atoms with van der Waals surface area (Å²) in [5.74, 6) is -0.0104. The van der Waals surface area contributed by atoms with Crippen molar-refractivity contribution in [2.24, 2.45) is 4.99 Å². The molecular formula is C17H19N3OS. The highest BCUT2D eigenvalue weighted by molar-refractivity contribution is 8.18. The van der Waals surface area contributed by atoms with Crippen molar-refractivity contribution in [2.75, 3.05) is 0 Å². The summed E-state index contributed by atoms with van der Waals surface area (Å²) in [7, 11) is 0. The molecule has 5 heteroatoms. The molecule has 1 saturated heterocycles. The Labute approximate surface area is 135 Å². The van der Waals surface area contributed by atoms with E-state index >= 15 is 0 Å². The molecule has 1 aliphatic rings. The third-order valence-electron chi connectivity index (χ3n) is 3.06. The van der Waals surface area contributed by atoms with Crippen LogP contribution in [-0.4, -0.2) is 28.1 Å². The topological polar surface area (TPSA) is 56.5 Å².